The highest BCUT2D eigenvalue weighted by atomic mass is 35.5. The summed E-state index contributed by atoms with van der Waals surface area (Å²) in [7, 11) is 1.23. The summed E-state index contributed by atoms with van der Waals surface area (Å²) in [6.45, 7) is 0. The van der Waals surface area contributed by atoms with Crippen LogP contribution in [0.5, 0.6) is 5.75 Å². The zero-order valence-electron chi connectivity index (χ0n) is 7.83. The summed E-state index contributed by atoms with van der Waals surface area (Å²) in [5, 5.41) is 9.36. The van der Waals surface area contributed by atoms with E-state index in [2.05, 4.69) is 4.74 Å². The van der Waals surface area contributed by atoms with Crippen molar-refractivity contribution in [1.82, 2.24) is 0 Å². The van der Waals surface area contributed by atoms with E-state index in [1.807, 2.05) is 0 Å². The average molecular weight is 250 g/mol. The Bertz CT molecular complexity index is 372. The van der Waals surface area contributed by atoms with Gasteiger partial charge in [0.1, 0.15) is 6.04 Å². The van der Waals surface area contributed by atoms with Gasteiger partial charge < -0.3 is 15.6 Å². The van der Waals surface area contributed by atoms with E-state index in [0.717, 1.165) is 0 Å². The Kier molecular flexibility index (Phi) is 3.79. The van der Waals surface area contributed by atoms with E-state index in [9.17, 15) is 9.90 Å². The van der Waals surface area contributed by atoms with Gasteiger partial charge in [-0.3, -0.25) is 4.79 Å². The predicted molar refractivity (Wildman–Crippen MR) is 57.1 cm³/mol. The van der Waals surface area contributed by atoms with Crippen LogP contribution in [0.3, 0.4) is 0 Å². The number of carbonyl (C=O) groups is 1. The molecule has 0 bridgehead atoms. The standard InChI is InChI=1S/C9H9Cl2NO3/c1-15-9(14)7(12)4-2-5(10)8(13)6(11)3-4/h2-3,7,13H,12H2,1H3/t7-/m0/s1. The van der Waals surface area contributed by atoms with Crippen LogP contribution in [0.15, 0.2) is 12.1 Å². The van der Waals surface area contributed by atoms with Gasteiger partial charge in [-0.2, -0.15) is 0 Å². The van der Waals surface area contributed by atoms with Crippen molar-refractivity contribution < 1.29 is 14.6 Å². The number of nitrogens with two attached hydrogens (primary N) is 1. The van der Waals surface area contributed by atoms with Gasteiger partial charge in [-0.25, -0.2) is 0 Å². The highest BCUT2D eigenvalue weighted by Crippen LogP contribution is 2.34. The van der Waals surface area contributed by atoms with Crippen LogP contribution in [0.25, 0.3) is 0 Å². The van der Waals surface area contributed by atoms with Crippen molar-refractivity contribution in [2.24, 2.45) is 5.73 Å². The van der Waals surface area contributed by atoms with E-state index in [0.29, 0.717) is 5.56 Å². The normalized spacial score (nSPS) is 12.3. The van der Waals surface area contributed by atoms with Crippen LogP contribution in [0.4, 0.5) is 0 Å². The van der Waals surface area contributed by atoms with Gasteiger partial charge >= 0.3 is 5.97 Å². The number of benzene rings is 1. The summed E-state index contributed by atoms with van der Waals surface area (Å²) in [5.41, 5.74) is 5.95. The lowest BCUT2D eigenvalue weighted by Gasteiger charge is -2.11. The lowest BCUT2D eigenvalue weighted by Crippen LogP contribution is -2.22. The molecule has 0 aliphatic heterocycles. The Hall–Kier alpha value is -0.970. The molecule has 82 valence electrons. The summed E-state index contributed by atoms with van der Waals surface area (Å²) >= 11 is 11.3. The topological polar surface area (TPSA) is 72.5 Å². The Morgan fingerprint density at radius 2 is 1.93 bits per heavy atom. The molecule has 6 heteroatoms. The molecule has 0 aliphatic carbocycles. The number of halogens is 2. The van der Waals surface area contributed by atoms with E-state index in [4.69, 9.17) is 28.9 Å². The molecule has 1 atom stereocenters. The van der Waals surface area contributed by atoms with Gasteiger partial charge in [0, 0.05) is 0 Å². The van der Waals surface area contributed by atoms with Gasteiger partial charge in [-0.15, -0.1) is 0 Å². The van der Waals surface area contributed by atoms with Crippen LogP contribution in [0.1, 0.15) is 11.6 Å². The summed E-state index contributed by atoms with van der Waals surface area (Å²) in [5.74, 6) is -0.841. The first-order valence-corrected chi connectivity index (χ1v) is 4.74. The number of aromatic hydroxyl groups is 1. The Labute approximate surface area is 96.5 Å². The first-order chi connectivity index (χ1) is 6.97. The Balaban J connectivity index is 3.11. The second-order valence-electron chi connectivity index (χ2n) is 2.83. The molecule has 3 N–H and O–H groups in total. The van der Waals surface area contributed by atoms with Crippen molar-refractivity contribution in [2.75, 3.05) is 7.11 Å². The molecule has 0 aliphatic rings. The lowest BCUT2D eigenvalue weighted by atomic mass is 10.1. The fourth-order valence-corrected chi connectivity index (χ4v) is 1.53. The smallest absolute Gasteiger partial charge is 0.327 e. The van der Waals surface area contributed by atoms with E-state index in [1.54, 1.807) is 0 Å². The third-order valence-corrected chi connectivity index (χ3v) is 2.43. The summed E-state index contributed by atoms with van der Waals surface area (Å²) < 4.78 is 4.46. The summed E-state index contributed by atoms with van der Waals surface area (Å²) in [6.07, 6.45) is 0. The van der Waals surface area contributed by atoms with Gasteiger partial charge in [0.15, 0.2) is 5.75 Å². The van der Waals surface area contributed by atoms with Crippen LogP contribution in [-0.4, -0.2) is 18.2 Å². The second kappa shape index (κ2) is 4.70. The van der Waals surface area contributed by atoms with Crippen LogP contribution in [0, 0.1) is 0 Å². The Morgan fingerprint density at radius 1 is 1.47 bits per heavy atom. The number of methoxy groups -OCH3 is 1. The Morgan fingerprint density at radius 3 is 2.33 bits per heavy atom. The van der Waals surface area contributed by atoms with Gasteiger partial charge in [-0.1, -0.05) is 23.2 Å². The quantitative estimate of drug-likeness (QED) is 0.786. The molecule has 1 aromatic rings. The molecule has 15 heavy (non-hydrogen) atoms. The van der Waals surface area contributed by atoms with Crippen LogP contribution in [-0.2, 0) is 9.53 Å². The first-order valence-electron chi connectivity index (χ1n) is 3.98. The number of hydrogen-bond donors (Lipinski definition) is 2. The zero-order chi connectivity index (χ0) is 11.6. The highest BCUT2D eigenvalue weighted by Gasteiger charge is 2.18. The monoisotopic (exact) mass is 249 g/mol. The zero-order valence-corrected chi connectivity index (χ0v) is 9.34. The molecule has 1 rings (SSSR count). The average Bonchev–Trinajstić information content (AvgIpc) is 2.23. The van der Waals surface area contributed by atoms with E-state index < -0.39 is 12.0 Å². The fourth-order valence-electron chi connectivity index (χ4n) is 1.03. The molecule has 0 saturated heterocycles. The maximum atomic E-state index is 11.1. The number of phenols is 1. The first kappa shape index (κ1) is 12.1. The lowest BCUT2D eigenvalue weighted by molar-refractivity contribution is -0.142. The van der Waals surface area contributed by atoms with Crippen molar-refractivity contribution in [2.45, 2.75) is 6.04 Å². The molecule has 0 saturated carbocycles. The van der Waals surface area contributed by atoms with Crippen LogP contribution in [0.2, 0.25) is 10.0 Å². The van der Waals surface area contributed by atoms with Gasteiger partial charge in [0.25, 0.3) is 0 Å². The van der Waals surface area contributed by atoms with Crippen molar-refractivity contribution in [3.63, 3.8) is 0 Å². The van der Waals surface area contributed by atoms with E-state index >= 15 is 0 Å². The van der Waals surface area contributed by atoms with Crippen LogP contribution < -0.4 is 5.73 Å². The van der Waals surface area contributed by atoms with Crippen molar-refractivity contribution >= 4 is 29.2 Å². The molecule has 0 unspecified atom stereocenters. The highest BCUT2D eigenvalue weighted by molar-refractivity contribution is 6.37. The third kappa shape index (κ3) is 2.53. The number of hydrogen-bond acceptors (Lipinski definition) is 4. The third-order valence-electron chi connectivity index (χ3n) is 1.85. The van der Waals surface area contributed by atoms with Crippen molar-refractivity contribution in [1.29, 1.82) is 0 Å². The minimum atomic E-state index is -0.967. The number of esters is 1. The second-order valence-corrected chi connectivity index (χ2v) is 3.65. The molecule has 0 fully saturated rings. The van der Waals surface area contributed by atoms with Crippen molar-refractivity contribution in [3.8, 4) is 5.75 Å². The molecule has 0 radical (unpaired) electrons. The van der Waals surface area contributed by atoms with Gasteiger partial charge in [0.2, 0.25) is 0 Å². The van der Waals surface area contributed by atoms with Crippen LogP contribution >= 0.6 is 23.2 Å². The molecular weight excluding hydrogens is 241 g/mol. The predicted octanol–water partition coefficient (Wildman–Crippen LogP) is 1.87. The minimum Gasteiger partial charge on any atom is -0.505 e. The number of rotatable bonds is 2. The molecule has 0 aromatic heterocycles. The SMILES string of the molecule is COC(=O)[C@@H](N)c1cc(Cl)c(O)c(Cl)c1. The molecule has 1 aromatic carbocycles. The number of carbonyl (C=O) groups excluding carboxylic acids is 1. The minimum absolute atomic E-state index is 0.0388. The number of ether oxygens (including phenoxy) is 1. The molecule has 4 nitrogen and oxygen atoms in total. The van der Waals surface area contributed by atoms with E-state index in [-0.39, 0.29) is 15.8 Å². The molecular formula is C9H9Cl2NO3. The molecule has 0 amide bonds. The molecule has 0 spiro atoms. The maximum absolute atomic E-state index is 11.1. The largest absolute Gasteiger partial charge is 0.505 e. The summed E-state index contributed by atoms with van der Waals surface area (Å²) in [4.78, 5) is 11.1. The van der Waals surface area contributed by atoms with Crippen molar-refractivity contribution in [3.05, 3.63) is 27.7 Å². The van der Waals surface area contributed by atoms with Gasteiger partial charge in [-0.05, 0) is 17.7 Å². The number of phenolic OH excluding ortho intramolecular Hbond substituents is 1. The maximum Gasteiger partial charge on any atom is 0.327 e. The van der Waals surface area contributed by atoms with Gasteiger partial charge in [0.05, 0.1) is 17.2 Å². The summed E-state index contributed by atoms with van der Waals surface area (Å²) in [6, 6.07) is 1.76. The fraction of sp³-hybridized carbons (Fsp3) is 0.222. The van der Waals surface area contributed by atoms with E-state index in [1.165, 1.54) is 19.2 Å². The molecule has 0 heterocycles.